The van der Waals surface area contributed by atoms with Crippen LogP contribution in [0.5, 0.6) is 0 Å². The number of cyclic esters (lactones) is 1. The van der Waals surface area contributed by atoms with Gasteiger partial charge in [0.25, 0.3) is 0 Å². The lowest BCUT2D eigenvalue weighted by molar-refractivity contribution is -0.139. The van der Waals surface area contributed by atoms with E-state index in [-0.39, 0.29) is 12.1 Å². The number of furan rings is 1. The van der Waals surface area contributed by atoms with Gasteiger partial charge in [-0.3, -0.25) is 0 Å². The van der Waals surface area contributed by atoms with Crippen LogP contribution < -0.4 is 0 Å². The molecule has 4 rings (SSSR count). The molecule has 3 aromatic rings. The molecule has 0 saturated carbocycles. The largest absolute Gasteiger partial charge is 0.468 e. The lowest BCUT2D eigenvalue weighted by Crippen LogP contribution is -2.03. The summed E-state index contributed by atoms with van der Waals surface area (Å²) in [5.74, 6) is 0.664. The van der Waals surface area contributed by atoms with Crippen LogP contribution in [0.25, 0.3) is 5.57 Å². The number of carbonyl (C=O) groups excluding carboxylic acids is 1. The molecule has 27 heavy (non-hydrogen) atoms. The van der Waals surface area contributed by atoms with Crippen molar-refractivity contribution in [1.29, 1.82) is 0 Å². The van der Waals surface area contributed by atoms with E-state index in [0.29, 0.717) is 6.42 Å². The van der Waals surface area contributed by atoms with Crippen molar-refractivity contribution in [3.8, 4) is 0 Å². The summed E-state index contributed by atoms with van der Waals surface area (Å²) in [6, 6.07) is 22.1. The van der Waals surface area contributed by atoms with E-state index in [1.54, 1.807) is 6.26 Å². The van der Waals surface area contributed by atoms with Crippen molar-refractivity contribution >= 4 is 11.5 Å². The highest BCUT2D eigenvalue weighted by molar-refractivity contribution is 6.03. The summed E-state index contributed by atoms with van der Waals surface area (Å²) in [6.45, 7) is 2.07. The summed E-state index contributed by atoms with van der Waals surface area (Å²) >= 11 is 0. The molecule has 136 valence electrons. The van der Waals surface area contributed by atoms with Gasteiger partial charge in [-0.05, 0) is 23.6 Å². The number of rotatable bonds is 6. The number of carbonyl (C=O) groups is 1. The minimum atomic E-state index is -0.373. The number of hydrogen-bond donors (Lipinski definition) is 0. The van der Waals surface area contributed by atoms with E-state index in [9.17, 15) is 4.79 Å². The van der Waals surface area contributed by atoms with Crippen LogP contribution >= 0.6 is 0 Å². The average Bonchev–Trinajstić information content (AvgIpc) is 3.28. The van der Waals surface area contributed by atoms with Gasteiger partial charge >= 0.3 is 5.97 Å². The lowest BCUT2D eigenvalue weighted by atomic mass is 9.92. The van der Waals surface area contributed by atoms with Crippen molar-refractivity contribution in [2.75, 3.05) is 0 Å². The number of esters is 1. The fourth-order valence-electron chi connectivity index (χ4n) is 3.59. The Morgan fingerprint density at radius 1 is 0.963 bits per heavy atom. The van der Waals surface area contributed by atoms with Gasteiger partial charge in [0.05, 0.1) is 6.26 Å². The van der Waals surface area contributed by atoms with Gasteiger partial charge in [-0.15, -0.1) is 0 Å². The van der Waals surface area contributed by atoms with Gasteiger partial charge in [0.15, 0.2) is 6.10 Å². The summed E-state index contributed by atoms with van der Waals surface area (Å²) in [5.41, 5.74) is 4.82. The zero-order valence-corrected chi connectivity index (χ0v) is 15.4. The second-order valence-corrected chi connectivity index (χ2v) is 6.80. The van der Waals surface area contributed by atoms with Gasteiger partial charge in [-0.1, -0.05) is 74.0 Å². The topological polar surface area (TPSA) is 39.4 Å². The predicted octanol–water partition coefficient (Wildman–Crippen LogP) is 5.72. The van der Waals surface area contributed by atoms with E-state index < -0.39 is 0 Å². The molecule has 1 aliphatic rings. The van der Waals surface area contributed by atoms with Gasteiger partial charge in [0.1, 0.15) is 5.76 Å². The minimum Gasteiger partial charge on any atom is -0.468 e. The van der Waals surface area contributed by atoms with Crippen molar-refractivity contribution in [3.63, 3.8) is 0 Å². The maximum atomic E-state index is 12.5. The van der Waals surface area contributed by atoms with Crippen LogP contribution in [-0.4, -0.2) is 5.97 Å². The first-order chi connectivity index (χ1) is 13.3. The summed E-state index contributed by atoms with van der Waals surface area (Å²) < 4.78 is 11.6. The third kappa shape index (κ3) is 3.59. The van der Waals surface area contributed by atoms with Gasteiger partial charge in [-0.2, -0.15) is 0 Å². The molecule has 3 nitrogen and oxygen atoms in total. The summed E-state index contributed by atoms with van der Waals surface area (Å²) in [7, 11) is 0. The summed E-state index contributed by atoms with van der Waals surface area (Å²) in [6.07, 6.45) is 3.70. The maximum absolute atomic E-state index is 12.5. The summed E-state index contributed by atoms with van der Waals surface area (Å²) in [4.78, 5) is 12.5. The van der Waals surface area contributed by atoms with Gasteiger partial charge in [0, 0.05) is 23.1 Å². The molecule has 0 amide bonds. The van der Waals surface area contributed by atoms with Crippen molar-refractivity contribution < 1.29 is 13.9 Å². The molecule has 2 heterocycles. The van der Waals surface area contributed by atoms with Crippen LogP contribution in [0.2, 0.25) is 0 Å². The zero-order valence-electron chi connectivity index (χ0n) is 15.4. The van der Waals surface area contributed by atoms with E-state index in [0.717, 1.165) is 40.9 Å². The van der Waals surface area contributed by atoms with Crippen LogP contribution in [0.1, 0.15) is 48.3 Å². The third-order valence-electron chi connectivity index (χ3n) is 4.85. The standard InChI is InChI=1S/C24H22O3/c1-2-9-21-22(23(27-24(21)25)18-12-7-4-8-13-18)19-15-20(26-16-19)14-17-10-5-3-6-11-17/h3-8,10-13,15-16,23H,2,9,14H2,1H3. The molecule has 3 heteroatoms. The predicted molar refractivity (Wildman–Crippen MR) is 105 cm³/mol. The third-order valence-corrected chi connectivity index (χ3v) is 4.85. The molecule has 2 aromatic carbocycles. The fourth-order valence-corrected chi connectivity index (χ4v) is 3.59. The lowest BCUT2D eigenvalue weighted by Gasteiger charge is -2.13. The molecular formula is C24H22O3. The second-order valence-electron chi connectivity index (χ2n) is 6.80. The Morgan fingerprint density at radius 3 is 2.37 bits per heavy atom. The van der Waals surface area contributed by atoms with Crippen molar-refractivity contribution in [2.45, 2.75) is 32.3 Å². The van der Waals surface area contributed by atoms with Crippen molar-refractivity contribution in [1.82, 2.24) is 0 Å². The van der Waals surface area contributed by atoms with E-state index in [2.05, 4.69) is 19.1 Å². The molecular weight excluding hydrogens is 336 g/mol. The minimum absolute atomic E-state index is 0.216. The molecule has 1 aromatic heterocycles. The number of benzene rings is 2. The molecule has 0 radical (unpaired) electrons. The average molecular weight is 358 g/mol. The smallest absolute Gasteiger partial charge is 0.335 e. The van der Waals surface area contributed by atoms with Crippen molar-refractivity contribution in [2.24, 2.45) is 0 Å². The molecule has 0 fully saturated rings. The van der Waals surface area contributed by atoms with Crippen LogP contribution in [0.15, 0.2) is 83.0 Å². The SMILES string of the molecule is CCCC1=C(c2coc(Cc3ccccc3)c2)C(c2ccccc2)OC1=O. The Balaban J connectivity index is 1.70. The zero-order chi connectivity index (χ0) is 18.6. The molecule has 0 spiro atoms. The van der Waals surface area contributed by atoms with E-state index in [4.69, 9.17) is 9.15 Å². The second kappa shape index (κ2) is 7.67. The monoisotopic (exact) mass is 358 g/mol. The van der Waals surface area contributed by atoms with Gasteiger partial charge in [0.2, 0.25) is 0 Å². The molecule has 0 saturated heterocycles. The molecule has 0 aliphatic carbocycles. The normalized spacial score (nSPS) is 16.6. The first kappa shape index (κ1) is 17.3. The first-order valence-corrected chi connectivity index (χ1v) is 9.37. The highest BCUT2D eigenvalue weighted by Gasteiger charge is 2.35. The molecule has 0 bridgehead atoms. The Hall–Kier alpha value is -3.07. The first-order valence-electron chi connectivity index (χ1n) is 9.37. The molecule has 1 unspecified atom stereocenters. The number of ether oxygens (including phenoxy) is 1. The van der Waals surface area contributed by atoms with Crippen LogP contribution in [0.3, 0.4) is 0 Å². The fraction of sp³-hybridized carbons (Fsp3) is 0.208. The molecule has 1 aliphatic heterocycles. The quantitative estimate of drug-likeness (QED) is 0.529. The van der Waals surface area contributed by atoms with E-state index >= 15 is 0 Å². The highest BCUT2D eigenvalue weighted by atomic mass is 16.5. The van der Waals surface area contributed by atoms with Crippen molar-refractivity contribution in [3.05, 3.63) is 101 Å². The van der Waals surface area contributed by atoms with E-state index in [1.807, 2.05) is 54.6 Å². The highest BCUT2D eigenvalue weighted by Crippen LogP contribution is 2.43. The van der Waals surface area contributed by atoms with Gasteiger partial charge < -0.3 is 9.15 Å². The van der Waals surface area contributed by atoms with Crippen LogP contribution in [0, 0.1) is 0 Å². The molecule has 1 atom stereocenters. The Bertz CT molecular complexity index is 952. The Kier molecular flexibility index (Phi) is 4.93. The van der Waals surface area contributed by atoms with Crippen LogP contribution in [0.4, 0.5) is 0 Å². The summed E-state index contributed by atoms with van der Waals surface area (Å²) in [5, 5.41) is 0. The Labute approximate surface area is 159 Å². The van der Waals surface area contributed by atoms with E-state index in [1.165, 1.54) is 5.56 Å². The maximum Gasteiger partial charge on any atom is 0.335 e. The Morgan fingerprint density at radius 2 is 1.67 bits per heavy atom. The van der Waals surface area contributed by atoms with Gasteiger partial charge in [-0.25, -0.2) is 4.79 Å². The number of hydrogen-bond acceptors (Lipinski definition) is 3. The van der Waals surface area contributed by atoms with Crippen LogP contribution in [-0.2, 0) is 16.0 Å². The molecule has 0 N–H and O–H groups in total.